The van der Waals surface area contributed by atoms with Crippen molar-refractivity contribution >= 4 is 39.3 Å². The molecule has 0 saturated carbocycles. The molecule has 1 heterocycles. The largest absolute Gasteiger partial charge is 0.493 e. The van der Waals surface area contributed by atoms with Crippen molar-refractivity contribution in [2.75, 3.05) is 12.1 Å². The Labute approximate surface area is 221 Å². The van der Waals surface area contributed by atoms with Crippen LogP contribution >= 0.6 is 15.9 Å². The molecular weight excluding hydrogens is 577 g/mol. The average molecular weight is 592 g/mol. The third-order valence-electron chi connectivity index (χ3n) is 5.56. The van der Waals surface area contributed by atoms with Gasteiger partial charge in [0.2, 0.25) is 5.82 Å². The molecule has 4 rings (SSSR count). The molecule has 0 aliphatic carbocycles. The van der Waals surface area contributed by atoms with E-state index in [1.165, 1.54) is 26.2 Å². The lowest BCUT2D eigenvalue weighted by Gasteiger charge is -2.15. The fourth-order valence-electron chi connectivity index (χ4n) is 3.62. The number of hydrogen-bond acceptors (Lipinski definition) is 5. The van der Waals surface area contributed by atoms with Crippen LogP contribution in [0.2, 0.25) is 0 Å². The minimum atomic E-state index is -2.35. The van der Waals surface area contributed by atoms with Crippen molar-refractivity contribution in [2.24, 2.45) is 5.10 Å². The quantitative estimate of drug-likeness (QED) is 0.144. The summed E-state index contributed by atoms with van der Waals surface area (Å²) in [7, 11) is 1.38. The summed E-state index contributed by atoms with van der Waals surface area (Å²) in [6.45, 7) is 1.40. The van der Waals surface area contributed by atoms with Gasteiger partial charge in [0.15, 0.2) is 34.8 Å². The molecule has 0 unspecified atom stereocenters. The van der Waals surface area contributed by atoms with Gasteiger partial charge in [-0.05, 0) is 36.8 Å². The molecule has 0 radical (unpaired) electrons. The molecule has 0 saturated heterocycles. The molecule has 1 aliphatic rings. The van der Waals surface area contributed by atoms with E-state index in [1.807, 2.05) is 0 Å². The van der Waals surface area contributed by atoms with Crippen LogP contribution in [0.1, 0.15) is 23.6 Å². The number of carbonyl (C=O) groups is 1. The van der Waals surface area contributed by atoms with Crippen molar-refractivity contribution in [1.29, 1.82) is 5.26 Å². The number of ether oxygens (including phenoxy) is 2. The molecule has 0 fully saturated rings. The maximum Gasteiger partial charge on any atom is 0.280 e. The molecule has 1 aliphatic heterocycles. The molecule has 0 bridgehead atoms. The number of carbonyl (C=O) groups excluding carboxylic acids is 1. The Kier molecular flexibility index (Phi) is 7.50. The molecule has 0 atom stereocenters. The van der Waals surface area contributed by atoms with Crippen LogP contribution in [0.5, 0.6) is 11.5 Å². The maximum absolute atomic E-state index is 14.3. The Bertz CT molecular complexity index is 1550. The lowest BCUT2D eigenvalue weighted by Crippen LogP contribution is -2.25. The van der Waals surface area contributed by atoms with Gasteiger partial charge in [-0.3, -0.25) is 4.79 Å². The van der Waals surface area contributed by atoms with Gasteiger partial charge in [-0.25, -0.2) is 22.0 Å². The number of nitrogens with zero attached hydrogens (tertiary/aromatic N) is 3. The van der Waals surface area contributed by atoms with Crippen LogP contribution in [-0.4, -0.2) is 18.7 Å². The minimum absolute atomic E-state index is 0.0294. The monoisotopic (exact) mass is 591 g/mol. The first-order valence-electron chi connectivity index (χ1n) is 10.7. The summed E-state index contributed by atoms with van der Waals surface area (Å²) in [5, 5.41) is 13.1. The van der Waals surface area contributed by atoms with Crippen LogP contribution < -0.4 is 14.5 Å². The molecule has 3 aromatic carbocycles. The number of rotatable bonds is 6. The molecule has 1 amide bonds. The summed E-state index contributed by atoms with van der Waals surface area (Å²) in [5.74, 6) is -11.7. The van der Waals surface area contributed by atoms with Gasteiger partial charge >= 0.3 is 0 Å². The maximum atomic E-state index is 14.3. The number of halogens is 6. The highest BCUT2D eigenvalue weighted by atomic mass is 79.9. The summed E-state index contributed by atoms with van der Waals surface area (Å²) in [6, 6.07) is 12.0. The van der Waals surface area contributed by atoms with Crippen LogP contribution in [0.15, 0.2) is 51.5 Å². The van der Waals surface area contributed by atoms with Crippen LogP contribution in [0.4, 0.5) is 27.6 Å². The van der Waals surface area contributed by atoms with E-state index in [1.54, 1.807) is 30.3 Å². The zero-order valence-corrected chi connectivity index (χ0v) is 21.2. The number of benzene rings is 3. The number of amides is 1. The summed E-state index contributed by atoms with van der Waals surface area (Å²) >= 11 is 3.36. The zero-order chi connectivity index (χ0) is 27.7. The number of nitriles is 1. The predicted octanol–water partition coefficient (Wildman–Crippen LogP) is 6.41. The molecule has 6 nitrogen and oxygen atoms in total. The van der Waals surface area contributed by atoms with Gasteiger partial charge in [0.25, 0.3) is 5.91 Å². The Balaban J connectivity index is 1.67. The fraction of sp³-hybridized carbons (Fsp3) is 0.115. The van der Waals surface area contributed by atoms with E-state index >= 15 is 0 Å². The topological polar surface area (TPSA) is 74.9 Å². The molecule has 0 N–H and O–H groups in total. The van der Waals surface area contributed by atoms with E-state index in [9.17, 15) is 32.0 Å². The first-order valence-corrected chi connectivity index (χ1v) is 11.5. The zero-order valence-electron chi connectivity index (χ0n) is 19.6. The van der Waals surface area contributed by atoms with Crippen molar-refractivity contribution in [2.45, 2.75) is 13.5 Å². The van der Waals surface area contributed by atoms with Crippen LogP contribution in [0.25, 0.3) is 6.08 Å². The van der Waals surface area contributed by atoms with Crippen LogP contribution in [-0.2, 0) is 11.4 Å². The number of methoxy groups -OCH3 is 1. The third kappa shape index (κ3) is 4.72. The summed E-state index contributed by atoms with van der Waals surface area (Å²) in [5.41, 5.74) is -0.210. The van der Waals surface area contributed by atoms with Crippen molar-refractivity contribution in [3.8, 4) is 17.6 Å². The summed E-state index contributed by atoms with van der Waals surface area (Å²) in [6.07, 6.45) is 1.31. The molecular formula is C26H15BrF5N3O3. The van der Waals surface area contributed by atoms with Crippen molar-refractivity contribution in [1.82, 2.24) is 0 Å². The smallest absolute Gasteiger partial charge is 0.280 e. The van der Waals surface area contributed by atoms with E-state index < -0.39 is 40.7 Å². The second-order valence-corrected chi connectivity index (χ2v) is 8.72. The molecule has 0 spiro atoms. The number of hydrazone groups is 1. The molecule has 38 heavy (non-hydrogen) atoms. The highest BCUT2D eigenvalue weighted by molar-refractivity contribution is 9.10. The van der Waals surface area contributed by atoms with Gasteiger partial charge in [-0.1, -0.05) is 34.1 Å². The van der Waals surface area contributed by atoms with E-state index in [2.05, 4.69) is 27.1 Å². The highest BCUT2D eigenvalue weighted by Crippen LogP contribution is 2.37. The molecule has 12 heteroatoms. The van der Waals surface area contributed by atoms with Gasteiger partial charge in [-0.15, -0.1) is 0 Å². The molecule has 194 valence electrons. The van der Waals surface area contributed by atoms with Crippen molar-refractivity contribution in [3.63, 3.8) is 0 Å². The van der Waals surface area contributed by atoms with Gasteiger partial charge in [-0.2, -0.15) is 15.4 Å². The average Bonchev–Trinajstić information content (AvgIpc) is 3.18. The van der Waals surface area contributed by atoms with Crippen LogP contribution in [0.3, 0.4) is 0 Å². The summed E-state index contributed by atoms with van der Waals surface area (Å²) in [4.78, 5) is 13.0. The Morgan fingerprint density at radius 1 is 1.03 bits per heavy atom. The summed E-state index contributed by atoms with van der Waals surface area (Å²) < 4.78 is 81.1. The van der Waals surface area contributed by atoms with Crippen LogP contribution in [0, 0.1) is 40.4 Å². The van der Waals surface area contributed by atoms with Gasteiger partial charge in [0.1, 0.15) is 12.3 Å². The first-order chi connectivity index (χ1) is 18.1. The fourth-order valence-corrected chi connectivity index (χ4v) is 4.05. The molecule has 3 aromatic rings. The lowest BCUT2D eigenvalue weighted by molar-refractivity contribution is -0.114. The second-order valence-electron chi connectivity index (χ2n) is 7.86. The van der Waals surface area contributed by atoms with E-state index in [4.69, 9.17) is 9.47 Å². The Hall–Kier alpha value is -4.24. The minimum Gasteiger partial charge on any atom is -0.493 e. The van der Waals surface area contributed by atoms with E-state index in [0.717, 1.165) is 0 Å². The molecule has 0 aromatic heterocycles. The lowest BCUT2D eigenvalue weighted by atomic mass is 10.1. The van der Waals surface area contributed by atoms with Gasteiger partial charge in [0, 0.05) is 10.0 Å². The number of hydrogen-bond donors (Lipinski definition) is 0. The Morgan fingerprint density at radius 2 is 1.66 bits per heavy atom. The first kappa shape index (κ1) is 26.8. The SMILES string of the molecule is COc1cc(/C=C2/C(=O)N(c3c(F)c(F)c(F)c(F)c3F)N=C2C)c(Br)cc1OCc1ccccc1C#N. The van der Waals surface area contributed by atoms with E-state index in [-0.39, 0.29) is 28.7 Å². The highest BCUT2D eigenvalue weighted by Gasteiger charge is 2.37. The predicted molar refractivity (Wildman–Crippen MR) is 131 cm³/mol. The van der Waals surface area contributed by atoms with E-state index in [0.29, 0.717) is 26.9 Å². The van der Waals surface area contributed by atoms with Gasteiger partial charge < -0.3 is 9.47 Å². The number of anilines is 1. The van der Waals surface area contributed by atoms with Crippen molar-refractivity contribution in [3.05, 3.63) is 92.2 Å². The van der Waals surface area contributed by atoms with Gasteiger partial charge in [0.05, 0.1) is 30.0 Å². The van der Waals surface area contributed by atoms with Crippen molar-refractivity contribution < 1.29 is 36.2 Å². The third-order valence-corrected chi connectivity index (χ3v) is 6.25. The second kappa shape index (κ2) is 10.6. The standard InChI is InChI=1S/C26H15BrF5N3O3/c1-12-16(26(36)35(34-12)25-23(31)21(29)20(28)22(30)24(25)32)7-15-8-18(37-2)19(9-17(15)27)38-11-14-6-4-3-5-13(14)10-33/h3-9H,11H2,1-2H3/b16-7+. The normalized spacial score (nSPS) is 14.1. The Morgan fingerprint density at radius 3 is 2.29 bits per heavy atom.